The van der Waals surface area contributed by atoms with Crippen LogP contribution in [0.4, 0.5) is 0 Å². The maximum atomic E-state index is 11.0. The fourth-order valence-corrected chi connectivity index (χ4v) is 3.32. The van der Waals surface area contributed by atoms with Crippen LogP contribution in [0, 0.1) is 29.6 Å². The van der Waals surface area contributed by atoms with E-state index in [1.54, 1.807) is 6.92 Å². The van der Waals surface area contributed by atoms with Crippen molar-refractivity contribution >= 4 is 0 Å². The smallest absolute Gasteiger partial charge is 0.106 e. The van der Waals surface area contributed by atoms with E-state index in [1.807, 2.05) is 31.2 Å². The number of aliphatic hydroxyl groups is 1. The molecule has 0 amide bonds. The zero-order valence-electron chi connectivity index (χ0n) is 11.4. The molecule has 18 heavy (non-hydrogen) atoms. The predicted octanol–water partition coefficient (Wildman–Crippen LogP) is 3.53. The Morgan fingerprint density at radius 3 is 2.61 bits per heavy atom. The van der Waals surface area contributed by atoms with E-state index in [0.29, 0.717) is 5.92 Å². The Morgan fingerprint density at radius 1 is 1.44 bits per heavy atom. The molecule has 1 aliphatic carbocycles. The van der Waals surface area contributed by atoms with Gasteiger partial charge in [0.05, 0.1) is 11.5 Å². The molecular weight excluding hydrogens is 222 g/mol. The second-order valence-corrected chi connectivity index (χ2v) is 5.93. The van der Waals surface area contributed by atoms with Gasteiger partial charge in [-0.2, -0.15) is 5.26 Å². The molecule has 0 spiro atoms. The Kier molecular flexibility index (Phi) is 3.21. The second kappa shape index (κ2) is 4.40. The van der Waals surface area contributed by atoms with Crippen molar-refractivity contribution < 1.29 is 5.11 Å². The normalized spacial score (nSPS) is 30.7. The average molecular weight is 243 g/mol. The van der Waals surface area contributed by atoms with E-state index < -0.39 is 11.0 Å². The topological polar surface area (TPSA) is 44.0 Å². The summed E-state index contributed by atoms with van der Waals surface area (Å²) in [5.74, 6) is 0.514. The number of hydrogen-bond donors (Lipinski definition) is 1. The van der Waals surface area contributed by atoms with Crippen molar-refractivity contribution in [3.8, 4) is 6.07 Å². The summed E-state index contributed by atoms with van der Waals surface area (Å²) < 4.78 is 0. The molecule has 1 fully saturated rings. The van der Waals surface area contributed by atoms with Gasteiger partial charge in [-0.25, -0.2) is 0 Å². The van der Waals surface area contributed by atoms with Gasteiger partial charge >= 0.3 is 0 Å². The molecule has 1 aromatic rings. The van der Waals surface area contributed by atoms with Gasteiger partial charge in [0.2, 0.25) is 0 Å². The molecule has 2 heteroatoms. The summed E-state index contributed by atoms with van der Waals surface area (Å²) in [5.41, 5.74) is 0.230. The molecule has 1 aromatic carbocycles. The lowest BCUT2D eigenvalue weighted by Gasteiger charge is -2.39. The molecule has 0 bridgehead atoms. The summed E-state index contributed by atoms with van der Waals surface area (Å²) >= 11 is 0. The van der Waals surface area contributed by atoms with E-state index in [4.69, 9.17) is 0 Å². The van der Waals surface area contributed by atoms with Crippen molar-refractivity contribution in [1.29, 1.82) is 5.26 Å². The van der Waals surface area contributed by atoms with Gasteiger partial charge in [0.15, 0.2) is 0 Å². The molecule has 96 valence electrons. The standard InChI is InChI=1S/C16H21NO/c1-12-8-9-16(10-12,11-17)15(3,18)14-7-5-4-6-13(14)2/h4-7,12,18H,8-10H2,1-3H3. The van der Waals surface area contributed by atoms with Crippen molar-refractivity contribution in [1.82, 2.24) is 0 Å². The van der Waals surface area contributed by atoms with Crippen molar-refractivity contribution in [3.05, 3.63) is 35.4 Å². The maximum absolute atomic E-state index is 11.0. The third-order valence-electron chi connectivity index (χ3n) is 4.58. The van der Waals surface area contributed by atoms with E-state index in [9.17, 15) is 10.4 Å². The highest BCUT2D eigenvalue weighted by Crippen LogP contribution is 2.53. The lowest BCUT2D eigenvalue weighted by atomic mass is 9.68. The first kappa shape index (κ1) is 13.1. The predicted molar refractivity (Wildman–Crippen MR) is 71.8 cm³/mol. The second-order valence-electron chi connectivity index (χ2n) is 5.93. The van der Waals surface area contributed by atoms with Gasteiger partial charge < -0.3 is 5.11 Å². The molecule has 0 saturated heterocycles. The molecule has 1 aliphatic rings. The van der Waals surface area contributed by atoms with Crippen molar-refractivity contribution in [2.45, 2.75) is 45.6 Å². The van der Waals surface area contributed by atoms with Gasteiger partial charge in [-0.1, -0.05) is 31.2 Å². The average Bonchev–Trinajstić information content (AvgIpc) is 2.73. The quantitative estimate of drug-likeness (QED) is 0.863. The molecule has 3 atom stereocenters. The van der Waals surface area contributed by atoms with Gasteiger partial charge in [-0.05, 0) is 50.2 Å². The summed E-state index contributed by atoms with van der Waals surface area (Å²) in [5, 5.41) is 20.6. The monoisotopic (exact) mass is 243 g/mol. The number of nitriles is 1. The third kappa shape index (κ3) is 1.83. The van der Waals surface area contributed by atoms with E-state index in [0.717, 1.165) is 30.4 Å². The third-order valence-corrected chi connectivity index (χ3v) is 4.58. The minimum Gasteiger partial charge on any atom is -0.384 e. The van der Waals surface area contributed by atoms with Gasteiger partial charge in [-0.3, -0.25) is 0 Å². The molecular formula is C16H21NO. The fraction of sp³-hybridized carbons (Fsp3) is 0.562. The van der Waals surface area contributed by atoms with Gasteiger partial charge in [-0.15, -0.1) is 0 Å². The number of aryl methyl sites for hydroxylation is 1. The van der Waals surface area contributed by atoms with Crippen LogP contribution in [0.25, 0.3) is 0 Å². The SMILES string of the molecule is Cc1ccccc1C(C)(O)C1(C#N)CCC(C)C1. The molecule has 0 radical (unpaired) electrons. The Morgan fingerprint density at radius 2 is 2.11 bits per heavy atom. The Labute approximate surface area is 109 Å². The number of benzene rings is 1. The summed E-state index contributed by atoms with van der Waals surface area (Å²) in [4.78, 5) is 0. The zero-order valence-corrected chi connectivity index (χ0v) is 11.4. The summed E-state index contributed by atoms with van der Waals surface area (Å²) in [7, 11) is 0. The maximum Gasteiger partial charge on any atom is 0.106 e. The first-order valence-corrected chi connectivity index (χ1v) is 6.63. The molecule has 0 heterocycles. The summed E-state index contributed by atoms with van der Waals surface area (Å²) in [6.07, 6.45) is 2.59. The lowest BCUT2D eigenvalue weighted by Crippen LogP contribution is -2.41. The van der Waals surface area contributed by atoms with Crippen molar-refractivity contribution in [2.75, 3.05) is 0 Å². The molecule has 0 aliphatic heterocycles. The minimum atomic E-state index is -1.07. The van der Waals surface area contributed by atoms with E-state index in [2.05, 4.69) is 13.0 Å². The van der Waals surface area contributed by atoms with Gasteiger partial charge in [0.25, 0.3) is 0 Å². The summed E-state index contributed by atoms with van der Waals surface area (Å²) in [6, 6.07) is 10.3. The largest absolute Gasteiger partial charge is 0.384 e. The van der Waals surface area contributed by atoms with Crippen molar-refractivity contribution in [2.24, 2.45) is 11.3 Å². The van der Waals surface area contributed by atoms with Gasteiger partial charge in [0.1, 0.15) is 5.60 Å². The van der Waals surface area contributed by atoms with E-state index >= 15 is 0 Å². The minimum absolute atomic E-state index is 0.514. The first-order chi connectivity index (χ1) is 8.43. The number of nitrogens with zero attached hydrogens (tertiary/aromatic N) is 1. The molecule has 0 aromatic heterocycles. The highest BCUT2D eigenvalue weighted by molar-refractivity contribution is 5.35. The van der Waals surface area contributed by atoms with Crippen molar-refractivity contribution in [3.63, 3.8) is 0 Å². The number of hydrogen-bond acceptors (Lipinski definition) is 2. The lowest BCUT2D eigenvalue weighted by molar-refractivity contribution is -0.0443. The van der Waals surface area contributed by atoms with Crippen LogP contribution in [0.5, 0.6) is 0 Å². The molecule has 2 rings (SSSR count). The Hall–Kier alpha value is -1.33. The molecule has 1 saturated carbocycles. The highest BCUT2D eigenvalue weighted by atomic mass is 16.3. The first-order valence-electron chi connectivity index (χ1n) is 6.63. The van der Waals surface area contributed by atoms with Crippen LogP contribution in [0.1, 0.15) is 44.2 Å². The summed E-state index contributed by atoms with van der Waals surface area (Å²) in [6.45, 7) is 5.96. The Balaban J connectivity index is 2.48. The highest BCUT2D eigenvalue weighted by Gasteiger charge is 2.52. The molecule has 2 nitrogen and oxygen atoms in total. The van der Waals surface area contributed by atoms with Crippen LogP contribution >= 0.6 is 0 Å². The van der Waals surface area contributed by atoms with E-state index in [1.165, 1.54) is 0 Å². The van der Waals surface area contributed by atoms with Crippen LogP contribution < -0.4 is 0 Å². The molecule has 3 unspecified atom stereocenters. The van der Waals surface area contributed by atoms with Crippen LogP contribution in [-0.2, 0) is 5.60 Å². The fourth-order valence-electron chi connectivity index (χ4n) is 3.32. The Bertz CT molecular complexity index is 486. The van der Waals surface area contributed by atoms with Gasteiger partial charge in [0, 0.05) is 0 Å². The van der Waals surface area contributed by atoms with E-state index in [-0.39, 0.29) is 0 Å². The zero-order chi connectivity index (χ0) is 13.4. The number of rotatable bonds is 2. The van der Waals surface area contributed by atoms with Crippen LogP contribution in [0.15, 0.2) is 24.3 Å². The van der Waals surface area contributed by atoms with Crippen LogP contribution in [0.3, 0.4) is 0 Å². The molecule has 1 N–H and O–H groups in total. The van der Waals surface area contributed by atoms with Crippen LogP contribution in [-0.4, -0.2) is 5.11 Å². The van der Waals surface area contributed by atoms with Crippen LogP contribution in [0.2, 0.25) is 0 Å².